The Kier molecular flexibility index (Phi) is 7.98. The van der Waals surface area contributed by atoms with E-state index in [9.17, 15) is 22.4 Å². The predicted molar refractivity (Wildman–Crippen MR) is 124 cm³/mol. The zero-order chi connectivity index (χ0) is 24.9. The molecule has 0 saturated carbocycles. The molecule has 1 N–H and O–H groups in total. The highest BCUT2D eigenvalue weighted by atomic mass is 32.2. The molecule has 184 valence electrons. The number of ether oxygens (including phenoxy) is 2. The Hall–Kier alpha value is -3.34. The average molecular weight is 494 g/mol. The van der Waals surface area contributed by atoms with Gasteiger partial charge in [-0.2, -0.15) is 0 Å². The Morgan fingerprint density at radius 3 is 2.41 bits per heavy atom. The largest absolute Gasteiger partial charge is 0.454 e. The summed E-state index contributed by atoms with van der Waals surface area (Å²) in [7, 11) is -3.85. The van der Waals surface area contributed by atoms with E-state index in [1.54, 1.807) is 19.9 Å². The smallest absolute Gasteiger partial charge is 0.244 e. The van der Waals surface area contributed by atoms with Gasteiger partial charge in [-0.25, -0.2) is 12.8 Å². The van der Waals surface area contributed by atoms with Crippen molar-refractivity contribution in [1.82, 2.24) is 10.2 Å². The number of sulfonamides is 1. The summed E-state index contributed by atoms with van der Waals surface area (Å²) in [6.07, 6.45) is 0. The van der Waals surface area contributed by atoms with E-state index >= 15 is 0 Å². The van der Waals surface area contributed by atoms with E-state index in [0.29, 0.717) is 23.6 Å². The number of carbonyl (C=O) groups excluding carboxylic acids is 2. The van der Waals surface area contributed by atoms with Crippen molar-refractivity contribution < 1.29 is 31.9 Å². The molecule has 0 unspecified atom stereocenters. The number of nitrogens with one attached hydrogen (secondary N) is 1. The molecule has 34 heavy (non-hydrogen) atoms. The molecule has 11 heteroatoms. The van der Waals surface area contributed by atoms with Crippen LogP contribution in [0.25, 0.3) is 0 Å². The van der Waals surface area contributed by atoms with Gasteiger partial charge >= 0.3 is 0 Å². The highest BCUT2D eigenvalue weighted by molar-refractivity contribution is 7.92. The fourth-order valence-corrected chi connectivity index (χ4v) is 4.50. The average Bonchev–Trinajstić information content (AvgIpc) is 3.29. The lowest BCUT2D eigenvalue weighted by atomic mass is 10.1. The van der Waals surface area contributed by atoms with Crippen molar-refractivity contribution in [2.24, 2.45) is 0 Å². The molecular formula is C23H28FN3O6S. The highest BCUT2D eigenvalue weighted by Gasteiger charge is 2.31. The number of nitrogens with zero attached hydrogens (tertiary/aromatic N) is 2. The summed E-state index contributed by atoms with van der Waals surface area (Å²) in [5.41, 5.74) is 0.839. The number of benzene rings is 2. The van der Waals surface area contributed by atoms with Crippen LogP contribution in [0.2, 0.25) is 0 Å². The lowest BCUT2D eigenvalue weighted by Crippen LogP contribution is -2.51. The molecule has 2 aromatic carbocycles. The third-order valence-electron chi connectivity index (χ3n) is 5.41. The molecule has 1 atom stereocenters. The number of amides is 2. The minimum absolute atomic E-state index is 0.00142. The summed E-state index contributed by atoms with van der Waals surface area (Å²) in [4.78, 5) is 27.3. The molecule has 0 aliphatic carbocycles. The quantitative estimate of drug-likeness (QED) is 0.544. The number of carbonyl (C=O) groups is 2. The molecule has 0 spiro atoms. The minimum atomic E-state index is -3.85. The third kappa shape index (κ3) is 5.77. The third-order valence-corrected chi connectivity index (χ3v) is 7.15. The van der Waals surface area contributed by atoms with E-state index in [0.717, 1.165) is 4.31 Å². The SMILES string of the molecule is CCNC(=O)[C@H](C)N(Cc1ccc(F)cc1)C(=O)CN(c1ccc2c(c1)OCO2)S(=O)(=O)CC. The molecule has 9 nitrogen and oxygen atoms in total. The second-order valence-corrected chi connectivity index (χ2v) is 9.85. The molecule has 0 bridgehead atoms. The van der Waals surface area contributed by atoms with Crippen LogP contribution < -0.4 is 19.1 Å². The fraction of sp³-hybridized carbons (Fsp3) is 0.391. The Labute approximate surface area is 198 Å². The van der Waals surface area contributed by atoms with Crippen molar-refractivity contribution in [3.8, 4) is 11.5 Å². The Bertz CT molecular complexity index is 1140. The van der Waals surface area contributed by atoms with E-state index in [-0.39, 0.29) is 30.7 Å². The predicted octanol–water partition coefficient (Wildman–Crippen LogP) is 2.26. The van der Waals surface area contributed by atoms with Gasteiger partial charge in [0.1, 0.15) is 18.4 Å². The Balaban J connectivity index is 1.93. The Morgan fingerprint density at radius 2 is 1.76 bits per heavy atom. The first-order valence-corrected chi connectivity index (χ1v) is 12.5. The van der Waals surface area contributed by atoms with Gasteiger partial charge in [0.2, 0.25) is 28.6 Å². The number of likely N-dealkylation sites (N-methyl/N-ethyl adjacent to an activating group) is 1. The summed E-state index contributed by atoms with van der Waals surface area (Å²) in [5.74, 6) is -0.782. The molecule has 3 rings (SSSR count). The van der Waals surface area contributed by atoms with Gasteiger partial charge in [0.25, 0.3) is 0 Å². The number of halogens is 1. The molecule has 0 aromatic heterocycles. The van der Waals surface area contributed by atoms with Crippen molar-refractivity contribution in [2.45, 2.75) is 33.4 Å². The number of hydrogen-bond donors (Lipinski definition) is 1. The van der Waals surface area contributed by atoms with Crippen LogP contribution in [0.1, 0.15) is 26.3 Å². The van der Waals surface area contributed by atoms with Gasteiger partial charge in [0.15, 0.2) is 11.5 Å². The number of hydrogen-bond acceptors (Lipinski definition) is 6. The second-order valence-electron chi connectivity index (χ2n) is 7.66. The van der Waals surface area contributed by atoms with Gasteiger partial charge in [0, 0.05) is 19.2 Å². The highest BCUT2D eigenvalue weighted by Crippen LogP contribution is 2.36. The Morgan fingerprint density at radius 1 is 1.09 bits per heavy atom. The first kappa shape index (κ1) is 25.3. The van der Waals surface area contributed by atoms with Gasteiger partial charge in [-0.1, -0.05) is 12.1 Å². The van der Waals surface area contributed by atoms with E-state index in [2.05, 4.69) is 5.32 Å². The van der Waals surface area contributed by atoms with Crippen molar-refractivity contribution in [1.29, 1.82) is 0 Å². The maximum absolute atomic E-state index is 13.5. The summed E-state index contributed by atoms with van der Waals surface area (Å²) in [6.45, 7) is 4.66. The number of anilines is 1. The summed E-state index contributed by atoms with van der Waals surface area (Å²) >= 11 is 0. The summed E-state index contributed by atoms with van der Waals surface area (Å²) in [6, 6.07) is 9.27. The minimum Gasteiger partial charge on any atom is -0.454 e. The summed E-state index contributed by atoms with van der Waals surface area (Å²) in [5, 5.41) is 2.68. The monoisotopic (exact) mass is 493 g/mol. The molecule has 2 aromatic rings. The van der Waals surface area contributed by atoms with Crippen LogP contribution in [0.3, 0.4) is 0 Å². The van der Waals surface area contributed by atoms with E-state index in [1.165, 1.54) is 48.2 Å². The van der Waals surface area contributed by atoms with Gasteiger partial charge < -0.3 is 19.7 Å². The standard InChI is InChI=1S/C23H28FN3O6S/c1-4-25-23(29)16(3)26(13-17-6-8-18(24)9-7-17)22(28)14-27(34(30,31)5-2)19-10-11-20-21(12-19)33-15-32-20/h6-12,16H,4-5,13-15H2,1-3H3,(H,25,29)/t16-/m0/s1. The lowest BCUT2D eigenvalue weighted by Gasteiger charge is -2.31. The van der Waals surface area contributed by atoms with Crippen molar-refractivity contribution in [3.05, 3.63) is 53.8 Å². The van der Waals surface area contributed by atoms with Crippen molar-refractivity contribution in [3.63, 3.8) is 0 Å². The van der Waals surface area contributed by atoms with Crippen LogP contribution >= 0.6 is 0 Å². The molecule has 1 aliphatic rings. The second kappa shape index (κ2) is 10.7. The molecule has 1 aliphatic heterocycles. The van der Waals surface area contributed by atoms with E-state index < -0.39 is 34.3 Å². The van der Waals surface area contributed by atoms with Gasteiger partial charge in [0.05, 0.1) is 11.4 Å². The van der Waals surface area contributed by atoms with Crippen molar-refractivity contribution in [2.75, 3.05) is 29.9 Å². The van der Waals surface area contributed by atoms with Crippen molar-refractivity contribution >= 4 is 27.5 Å². The summed E-state index contributed by atoms with van der Waals surface area (Å²) < 4.78 is 50.8. The lowest BCUT2D eigenvalue weighted by molar-refractivity contribution is -0.139. The molecular weight excluding hydrogens is 465 g/mol. The normalized spacial score (nSPS) is 13.3. The number of fused-ring (bicyclic) bond motifs is 1. The maximum Gasteiger partial charge on any atom is 0.244 e. The van der Waals surface area contributed by atoms with Crippen LogP contribution in [-0.2, 0) is 26.2 Å². The zero-order valence-corrected chi connectivity index (χ0v) is 20.1. The molecule has 0 saturated heterocycles. The van der Waals surface area contributed by atoms with E-state index in [4.69, 9.17) is 9.47 Å². The van der Waals surface area contributed by atoms with E-state index in [1.807, 2.05) is 0 Å². The van der Waals surface area contributed by atoms with Gasteiger partial charge in [-0.3, -0.25) is 13.9 Å². The van der Waals surface area contributed by atoms with Crippen LogP contribution in [-0.4, -0.2) is 56.8 Å². The topological polar surface area (TPSA) is 105 Å². The molecule has 0 fully saturated rings. The molecule has 2 amide bonds. The molecule has 1 heterocycles. The van der Waals surface area contributed by atoms with Gasteiger partial charge in [-0.15, -0.1) is 0 Å². The van der Waals surface area contributed by atoms with Crippen LogP contribution in [0, 0.1) is 5.82 Å². The maximum atomic E-state index is 13.5. The van der Waals surface area contributed by atoms with Crippen LogP contribution in [0.4, 0.5) is 10.1 Å². The zero-order valence-electron chi connectivity index (χ0n) is 19.3. The first-order valence-electron chi connectivity index (χ1n) is 10.9. The van der Waals surface area contributed by atoms with Crippen LogP contribution in [0.15, 0.2) is 42.5 Å². The van der Waals surface area contributed by atoms with Gasteiger partial charge in [-0.05, 0) is 50.6 Å². The fourth-order valence-electron chi connectivity index (χ4n) is 3.45. The molecule has 0 radical (unpaired) electrons. The number of rotatable bonds is 10. The van der Waals surface area contributed by atoms with Crippen LogP contribution in [0.5, 0.6) is 11.5 Å². The first-order chi connectivity index (χ1) is 16.2.